The normalized spacial score (nSPS) is 14.5. The minimum absolute atomic E-state index is 0.362. The van der Waals surface area contributed by atoms with E-state index in [0.29, 0.717) is 25.7 Å². The predicted octanol–water partition coefficient (Wildman–Crippen LogP) is 2.41. The summed E-state index contributed by atoms with van der Waals surface area (Å²) in [6, 6.07) is 9.42. The van der Waals surface area contributed by atoms with Crippen molar-refractivity contribution in [1.82, 2.24) is 0 Å². The summed E-state index contributed by atoms with van der Waals surface area (Å²) in [6.07, 6.45) is 3.25. The molecule has 116 valence electrons. The molecule has 1 aromatic carbocycles. The van der Waals surface area contributed by atoms with E-state index in [1.165, 1.54) is 0 Å². The number of fused-ring (bicyclic) bond motifs is 1. The third kappa shape index (κ3) is 3.72. The molecule has 22 heavy (non-hydrogen) atoms. The Bertz CT molecular complexity index is 638. The molecule has 0 saturated heterocycles. The van der Waals surface area contributed by atoms with Crippen LogP contribution in [0.15, 0.2) is 46.0 Å². The minimum Gasteiger partial charge on any atom is -0.490 e. The quantitative estimate of drug-likeness (QED) is 0.669. The number of hydrogen-bond acceptors (Lipinski definition) is 4. The summed E-state index contributed by atoms with van der Waals surface area (Å²) in [5.74, 6) is 2.75. The molecule has 0 amide bonds. The Morgan fingerprint density at radius 1 is 1.18 bits per heavy atom. The predicted molar refractivity (Wildman–Crippen MR) is 84.6 cm³/mol. The lowest BCUT2D eigenvalue weighted by Crippen LogP contribution is -2.23. The standard InChI is InChI=1S/C16H19N3O3/c17-16(18-7-6-13-3-1-8-20-13)19-12-4-5-14-15(11-12)22-10-2-9-21-14/h1,3-5,8,11H,2,6-7,9-10H2,(H3,17,18,19). The molecule has 0 radical (unpaired) electrons. The zero-order valence-corrected chi connectivity index (χ0v) is 12.2. The number of ether oxygens (including phenoxy) is 2. The summed E-state index contributed by atoms with van der Waals surface area (Å²) in [5.41, 5.74) is 6.71. The maximum atomic E-state index is 5.89. The number of nitrogens with two attached hydrogens (primary N) is 1. The van der Waals surface area contributed by atoms with Crippen molar-refractivity contribution in [1.29, 1.82) is 0 Å². The highest BCUT2D eigenvalue weighted by Gasteiger charge is 2.10. The SMILES string of the molecule is NC(=NCCc1ccco1)Nc1ccc2c(c1)OCCCO2. The third-order valence-electron chi connectivity index (χ3n) is 3.24. The highest BCUT2D eigenvalue weighted by atomic mass is 16.5. The van der Waals surface area contributed by atoms with Gasteiger partial charge in [-0.1, -0.05) is 0 Å². The van der Waals surface area contributed by atoms with Gasteiger partial charge in [0.25, 0.3) is 0 Å². The van der Waals surface area contributed by atoms with Crippen LogP contribution in [0.25, 0.3) is 0 Å². The van der Waals surface area contributed by atoms with Crippen LogP contribution in [-0.2, 0) is 6.42 Å². The number of furan rings is 1. The van der Waals surface area contributed by atoms with Crippen molar-refractivity contribution in [2.45, 2.75) is 12.8 Å². The number of anilines is 1. The second-order valence-corrected chi connectivity index (χ2v) is 4.93. The average Bonchev–Trinajstić information content (AvgIpc) is 2.91. The lowest BCUT2D eigenvalue weighted by atomic mass is 10.3. The van der Waals surface area contributed by atoms with Gasteiger partial charge in [0.2, 0.25) is 0 Å². The summed E-state index contributed by atoms with van der Waals surface area (Å²) < 4.78 is 16.5. The van der Waals surface area contributed by atoms with Crippen molar-refractivity contribution in [3.05, 3.63) is 42.4 Å². The molecule has 0 unspecified atom stereocenters. The Morgan fingerprint density at radius 2 is 2.05 bits per heavy atom. The van der Waals surface area contributed by atoms with Gasteiger partial charge in [0, 0.05) is 31.1 Å². The molecule has 0 spiro atoms. The van der Waals surface area contributed by atoms with E-state index in [2.05, 4.69) is 10.3 Å². The van der Waals surface area contributed by atoms with Gasteiger partial charge < -0.3 is 24.9 Å². The van der Waals surface area contributed by atoms with Crippen molar-refractivity contribution >= 4 is 11.6 Å². The van der Waals surface area contributed by atoms with Gasteiger partial charge in [0.05, 0.1) is 19.5 Å². The first-order valence-electron chi connectivity index (χ1n) is 7.30. The first-order chi connectivity index (χ1) is 10.8. The summed E-state index contributed by atoms with van der Waals surface area (Å²) >= 11 is 0. The molecule has 6 nitrogen and oxygen atoms in total. The first kappa shape index (κ1) is 14.3. The molecule has 3 rings (SSSR count). The number of rotatable bonds is 4. The summed E-state index contributed by atoms with van der Waals surface area (Å²) in [6.45, 7) is 1.90. The highest BCUT2D eigenvalue weighted by Crippen LogP contribution is 2.32. The molecule has 0 fully saturated rings. The molecule has 6 heteroatoms. The second kappa shape index (κ2) is 6.89. The molecule has 0 bridgehead atoms. The van der Waals surface area contributed by atoms with Crippen molar-refractivity contribution in [2.24, 2.45) is 10.7 Å². The second-order valence-electron chi connectivity index (χ2n) is 4.93. The van der Waals surface area contributed by atoms with Gasteiger partial charge in [0.1, 0.15) is 5.76 Å². The van der Waals surface area contributed by atoms with Gasteiger partial charge in [-0.15, -0.1) is 0 Å². The molecule has 2 heterocycles. The average molecular weight is 301 g/mol. The lowest BCUT2D eigenvalue weighted by Gasteiger charge is -2.10. The van der Waals surface area contributed by atoms with Crippen LogP contribution >= 0.6 is 0 Å². The van der Waals surface area contributed by atoms with Gasteiger partial charge >= 0.3 is 0 Å². The van der Waals surface area contributed by atoms with E-state index >= 15 is 0 Å². The zero-order chi connectivity index (χ0) is 15.2. The van der Waals surface area contributed by atoms with E-state index in [0.717, 1.165) is 35.8 Å². The Hall–Kier alpha value is -2.63. The number of guanidine groups is 1. The van der Waals surface area contributed by atoms with Crippen LogP contribution in [0.5, 0.6) is 11.5 Å². The van der Waals surface area contributed by atoms with Gasteiger partial charge in [-0.3, -0.25) is 4.99 Å². The summed E-state index contributed by atoms with van der Waals surface area (Å²) in [5, 5.41) is 3.05. The van der Waals surface area contributed by atoms with Crippen molar-refractivity contribution in [3.63, 3.8) is 0 Å². The van der Waals surface area contributed by atoms with E-state index in [1.807, 2.05) is 30.3 Å². The van der Waals surface area contributed by atoms with Crippen LogP contribution in [0.4, 0.5) is 5.69 Å². The van der Waals surface area contributed by atoms with Crippen molar-refractivity contribution in [3.8, 4) is 11.5 Å². The first-order valence-corrected chi connectivity index (χ1v) is 7.30. The smallest absolute Gasteiger partial charge is 0.193 e. The Morgan fingerprint density at radius 3 is 2.86 bits per heavy atom. The van der Waals surface area contributed by atoms with Gasteiger partial charge in [-0.2, -0.15) is 0 Å². The fourth-order valence-corrected chi connectivity index (χ4v) is 2.17. The van der Waals surface area contributed by atoms with Crippen LogP contribution in [0, 0.1) is 0 Å². The fraction of sp³-hybridized carbons (Fsp3) is 0.312. The highest BCUT2D eigenvalue weighted by molar-refractivity contribution is 5.92. The van der Waals surface area contributed by atoms with E-state index in [4.69, 9.17) is 19.6 Å². The Labute approximate surface area is 128 Å². The molecule has 0 atom stereocenters. The monoisotopic (exact) mass is 301 g/mol. The minimum atomic E-state index is 0.362. The topological polar surface area (TPSA) is 82.0 Å². The van der Waals surface area contributed by atoms with Crippen molar-refractivity contribution in [2.75, 3.05) is 25.1 Å². The molecule has 1 aliphatic heterocycles. The molecule has 3 N–H and O–H groups in total. The summed E-state index contributed by atoms with van der Waals surface area (Å²) in [7, 11) is 0. The number of benzene rings is 1. The molecule has 1 aliphatic rings. The molecule has 0 saturated carbocycles. The van der Waals surface area contributed by atoms with Crippen LogP contribution in [0.3, 0.4) is 0 Å². The Balaban J connectivity index is 1.58. The van der Waals surface area contributed by atoms with Crippen LogP contribution in [0.1, 0.15) is 12.2 Å². The largest absolute Gasteiger partial charge is 0.490 e. The van der Waals surface area contributed by atoms with Gasteiger partial charge in [-0.05, 0) is 24.3 Å². The number of nitrogens with one attached hydrogen (secondary N) is 1. The van der Waals surface area contributed by atoms with E-state index in [1.54, 1.807) is 6.26 Å². The Kier molecular flexibility index (Phi) is 4.48. The van der Waals surface area contributed by atoms with Crippen molar-refractivity contribution < 1.29 is 13.9 Å². The molecule has 0 aliphatic carbocycles. The van der Waals surface area contributed by atoms with Gasteiger partial charge in [-0.25, -0.2) is 0 Å². The van der Waals surface area contributed by atoms with E-state index in [9.17, 15) is 0 Å². The van der Waals surface area contributed by atoms with Crippen LogP contribution in [0.2, 0.25) is 0 Å². The summed E-state index contributed by atoms with van der Waals surface area (Å²) in [4.78, 5) is 4.28. The third-order valence-corrected chi connectivity index (χ3v) is 3.24. The van der Waals surface area contributed by atoms with Gasteiger partial charge in [0.15, 0.2) is 17.5 Å². The molecule has 1 aromatic heterocycles. The number of aliphatic imine (C=N–C) groups is 1. The lowest BCUT2D eigenvalue weighted by molar-refractivity contribution is 0.297. The maximum absolute atomic E-state index is 5.89. The number of hydrogen-bond donors (Lipinski definition) is 2. The van der Waals surface area contributed by atoms with E-state index in [-0.39, 0.29) is 0 Å². The molecular formula is C16H19N3O3. The zero-order valence-electron chi connectivity index (χ0n) is 12.2. The van der Waals surface area contributed by atoms with Crippen LogP contribution < -0.4 is 20.5 Å². The maximum Gasteiger partial charge on any atom is 0.193 e. The molecular weight excluding hydrogens is 282 g/mol. The number of nitrogens with zero attached hydrogens (tertiary/aromatic N) is 1. The molecule has 2 aromatic rings. The van der Waals surface area contributed by atoms with Crippen LogP contribution in [-0.4, -0.2) is 25.7 Å². The van der Waals surface area contributed by atoms with E-state index < -0.39 is 0 Å². The fourth-order valence-electron chi connectivity index (χ4n) is 2.17.